The van der Waals surface area contributed by atoms with E-state index in [2.05, 4.69) is 16.0 Å². The Kier molecular flexibility index (Phi) is 6.00. The third kappa shape index (κ3) is 5.19. The summed E-state index contributed by atoms with van der Waals surface area (Å²) in [5, 5.41) is 8.46. The van der Waals surface area contributed by atoms with Crippen LogP contribution in [0.2, 0.25) is 0 Å². The zero-order chi connectivity index (χ0) is 15.4. The van der Waals surface area contributed by atoms with Crippen LogP contribution in [0, 0.1) is 10.8 Å². The maximum atomic E-state index is 12.3. The number of carbonyl (C=O) groups excluding carboxylic acids is 2. The number of hydrogen-bond acceptors (Lipinski definition) is 3. The lowest BCUT2D eigenvalue weighted by Gasteiger charge is -2.34. The topological polar surface area (TPSA) is 70.2 Å². The molecule has 0 aromatic rings. The molecule has 112 valence electrons. The molecule has 2 atom stereocenters. The fourth-order valence-corrected chi connectivity index (χ4v) is 2.00. The lowest BCUT2D eigenvalue weighted by molar-refractivity contribution is -0.133. The van der Waals surface area contributed by atoms with Crippen LogP contribution < -0.4 is 16.0 Å². The van der Waals surface area contributed by atoms with Crippen molar-refractivity contribution in [3.8, 4) is 0 Å². The normalized spacial score (nSPS) is 15.6. The minimum Gasteiger partial charge on any atom is -0.357 e. The predicted octanol–water partition coefficient (Wildman–Crippen LogP) is 0.897. The SMILES string of the molecule is CNC(=O)C(NC(=O)[C@@H](NC)C(C)(C)C)C(C)(C)C. The van der Waals surface area contributed by atoms with Crippen molar-refractivity contribution in [3.05, 3.63) is 0 Å². The van der Waals surface area contributed by atoms with Crippen LogP contribution in [0.4, 0.5) is 0 Å². The van der Waals surface area contributed by atoms with Crippen molar-refractivity contribution in [1.82, 2.24) is 16.0 Å². The molecule has 19 heavy (non-hydrogen) atoms. The van der Waals surface area contributed by atoms with Gasteiger partial charge in [-0.1, -0.05) is 41.5 Å². The van der Waals surface area contributed by atoms with Crippen molar-refractivity contribution in [2.75, 3.05) is 14.1 Å². The molecule has 0 radical (unpaired) electrons. The first-order valence-corrected chi connectivity index (χ1v) is 6.64. The molecule has 0 fully saturated rings. The summed E-state index contributed by atoms with van der Waals surface area (Å²) in [6.45, 7) is 11.7. The molecule has 0 bridgehead atoms. The van der Waals surface area contributed by atoms with Crippen LogP contribution in [-0.2, 0) is 9.59 Å². The predicted molar refractivity (Wildman–Crippen MR) is 77.8 cm³/mol. The largest absolute Gasteiger partial charge is 0.357 e. The van der Waals surface area contributed by atoms with Crippen molar-refractivity contribution < 1.29 is 9.59 Å². The van der Waals surface area contributed by atoms with Crippen molar-refractivity contribution in [3.63, 3.8) is 0 Å². The molecule has 0 aliphatic carbocycles. The Morgan fingerprint density at radius 1 is 0.789 bits per heavy atom. The molecule has 5 heteroatoms. The Balaban J connectivity index is 5.06. The van der Waals surface area contributed by atoms with Crippen molar-refractivity contribution in [2.24, 2.45) is 10.8 Å². The van der Waals surface area contributed by atoms with Crippen LogP contribution in [0.15, 0.2) is 0 Å². The monoisotopic (exact) mass is 271 g/mol. The van der Waals surface area contributed by atoms with Crippen LogP contribution in [-0.4, -0.2) is 38.0 Å². The highest BCUT2D eigenvalue weighted by Crippen LogP contribution is 2.22. The van der Waals surface area contributed by atoms with Gasteiger partial charge in [-0.15, -0.1) is 0 Å². The molecule has 0 aromatic heterocycles. The van der Waals surface area contributed by atoms with Gasteiger partial charge in [0.05, 0.1) is 6.04 Å². The molecule has 0 aromatic carbocycles. The van der Waals surface area contributed by atoms with E-state index in [1.165, 1.54) is 0 Å². The minimum absolute atomic E-state index is 0.154. The lowest BCUT2D eigenvalue weighted by atomic mass is 9.83. The third-order valence-electron chi connectivity index (χ3n) is 3.08. The first-order chi connectivity index (χ1) is 8.45. The summed E-state index contributed by atoms with van der Waals surface area (Å²) < 4.78 is 0. The molecule has 5 nitrogen and oxygen atoms in total. The fourth-order valence-electron chi connectivity index (χ4n) is 2.00. The number of nitrogens with one attached hydrogen (secondary N) is 3. The molecule has 0 spiro atoms. The highest BCUT2D eigenvalue weighted by Gasteiger charge is 2.36. The number of amides is 2. The van der Waals surface area contributed by atoms with E-state index >= 15 is 0 Å². The molecule has 0 aliphatic heterocycles. The van der Waals surface area contributed by atoms with E-state index in [-0.39, 0.29) is 28.7 Å². The second-order valence-corrected chi connectivity index (χ2v) is 7.01. The highest BCUT2D eigenvalue weighted by atomic mass is 16.2. The van der Waals surface area contributed by atoms with Gasteiger partial charge >= 0.3 is 0 Å². The second-order valence-electron chi connectivity index (χ2n) is 7.01. The van der Waals surface area contributed by atoms with Gasteiger partial charge in [-0.25, -0.2) is 0 Å². The van der Waals surface area contributed by atoms with Crippen LogP contribution in [0.5, 0.6) is 0 Å². The summed E-state index contributed by atoms with van der Waals surface area (Å²) in [6.07, 6.45) is 0. The number of hydrogen-bond donors (Lipinski definition) is 3. The maximum absolute atomic E-state index is 12.3. The van der Waals surface area contributed by atoms with Crippen LogP contribution in [0.1, 0.15) is 41.5 Å². The first kappa shape index (κ1) is 17.9. The summed E-state index contributed by atoms with van der Waals surface area (Å²) in [4.78, 5) is 24.3. The van der Waals surface area contributed by atoms with E-state index < -0.39 is 6.04 Å². The van der Waals surface area contributed by atoms with Crippen molar-refractivity contribution in [2.45, 2.75) is 53.6 Å². The zero-order valence-electron chi connectivity index (χ0n) is 13.5. The summed E-state index contributed by atoms with van der Waals surface area (Å²) >= 11 is 0. The molecule has 2 amide bonds. The Hall–Kier alpha value is -1.10. The van der Waals surface area contributed by atoms with Gasteiger partial charge < -0.3 is 16.0 Å². The summed E-state index contributed by atoms with van der Waals surface area (Å²) in [7, 11) is 3.33. The number of carbonyl (C=O) groups is 2. The molecule has 0 heterocycles. The Morgan fingerprint density at radius 3 is 1.47 bits per heavy atom. The van der Waals surface area contributed by atoms with Gasteiger partial charge in [-0.3, -0.25) is 9.59 Å². The van der Waals surface area contributed by atoms with Crippen LogP contribution in [0.3, 0.4) is 0 Å². The van der Waals surface area contributed by atoms with Gasteiger partial charge in [0.15, 0.2) is 0 Å². The Labute approximate surface area is 116 Å². The van der Waals surface area contributed by atoms with E-state index in [1.807, 2.05) is 41.5 Å². The Morgan fingerprint density at radius 2 is 1.21 bits per heavy atom. The maximum Gasteiger partial charge on any atom is 0.242 e. The number of rotatable bonds is 4. The van der Waals surface area contributed by atoms with Crippen molar-refractivity contribution in [1.29, 1.82) is 0 Å². The van der Waals surface area contributed by atoms with Crippen molar-refractivity contribution >= 4 is 11.8 Å². The standard InChI is InChI=1S/C14H29N3O2/c1-13(2,3)9(15-7)12(19)17-10(11(18)16-8)14(4,5)6/h9-10,15H,1-8H3,(H,16,18)(H,17,19)/t9-,10?/m1/s1. The molecule has 0 saturated carbocycles. The van der Waals surface area contributed by atoms with Gasteiger partial charge in [0.2, 0.25) is 11.8 Å². The molecule has 0 saturated heterocycles. The summed E-state index contributed by atoms with van der Waals surface area (Å²) in [6, 6.07) is -0.898. The highest BCUT2D eigenvalue weighted by molar-refractivity contribution is 5.90. The average molecular weight is 271 g/mol. The third-order valence-corrected chi connectivity index (χ3v) is 3.08. The van der Waals surface area contributed by atoms with Gasteiger partial charge in [0.25, 0.3) is 0 Å². The minimum atomic E-state index is -0.553. The molecule has 0 aliphatic rings. The smallest absolute Gasteiger partial charge is 0.242 e. The molecular formula is C14H29N3O2. The number of likely N-dealkylation sites (N-methyl/N-ethyl adjacent to an activating group) is 2. The summed E-state index contributed by atoms with van der Waals surface area (Å²) in [5.41, 5.74) is -0.560. The van der Waals surface area contributed by atoms with Crippen LogP contribution >= 0.6 is 0 Å². The molecule has 3 N–H and O–H groups in total. The second kappa shape index (κ2) is 6.37. The van der Waals surface area contributed by atoms with E-state index in [1.54, 1.807) is 14.1 Å². The van der Waals surface area contributed by atoms with E-state index in [0.29, 0.717) is 0 Å². The van der Waals surface area contributed by atoms with E-state index in [9.17, 15) is 9.59 Å². The van der Waals surface area contributed by atoms with E-state index in [4.69, 9.17) is 0 Å². The first-order valence-electron chi connectivity index (χ1n) is 6.64. The quantitative estimate of drug-likeness (QED) is 0.711. The van der Waals surface area contributed by atoms with Gasteiger partial charge in [-0.2, -0.15) is 0 Å². The van der Waals surface area contributed by atoms with Gasteiger partial charge in [0.1, 0.15) is 6.04 Å². The molecular weight excluding hydrogens is 242 g/mol. The molecule has 0 rings (SSSR count). The lowest BCUT2D eigenvalue weighted by Crippen LogP contribution is -2.59. The average Bonchev–Trinajstić information content (AvgIpc) is 2.22. The molecule has 1 unspecified atom stereocenters. The Bertz CT molecular complexity index is 327. The summed E-state index contributed by atoms with van der Waals surface area (Å²) in [5.74, 6) is -0.330. The van der Waals surface area contributed by atoms with Gasteiger partial charge in [-0.05, 0) is 17.9 Å². The van der Waals surface area contributed by atoms with E-state index in [0.717, 1.165) is 0 Å². The van der Waals surface area contributed by atoms with Gasteiger partial charge in [0, 0.05) is 7.05 Å². The fraction of sp³-hybridized carbons (Fsp3) is 0.857. The zero-order valence-corrected chi connectivity index (χ0v) is 13.5. The van der Waals surface area contributed by atoms with Crippen LogP contribution in [0.25, 0.3) is 0 Å².